The van der Waals surface area contributed by atoms with E-state index in [0.717, 1.165) is 43.4 Å². The van der Waals surface area contributed by atoms with Crippen molar-refractivity contribution in [2.24, 2.45) is 12.0 Å². The first-order valence-electron chi connectivity index (χ1n) is 16.2. The summed E-state index contributed by atoms with van der Waals surface area (Å²) in [5.41, 5.74) is 2.16. The maximum atomic E-state index is 13.9. The monoisotopic (exact) mass is 690 g/mol. The molecular weight excluding hydrogens is 641 g/mol. The molecule has 0 radical (unpaired) electrons. The van der Waals surface area contributed by atoms with E-state index in [1.807, 2.05) is 39.0 Å². The third kappa shape index (κ3) is 8.93. The molecule has 0 aliphatic carbocycles. The fourth-order valence-corrected chi connectivity index (χ4v) is 6.34. The summed E-state index contributed by atoms with van der Waals surface area (Å²) >= 11 is 0. The van der Waals surface area contributed by atoms with Gasteiger partial charge in [-0.05, 0) is 62.1 Å². The lowest BCUT2D eigenvalue weighted by molar-refractivity contribution is 0.0885. The summed E-state index contributed by atoms with van der Waals surface area (Å²) in [7, 11) is -0.415. The SMILES string of the molecule is C=C/C=C(\N=C(/C=C)N1CCN(C(C)(C)C)CC1)Oc1cccc2cc(C(=O)Nc3cc(C(C)(C)C)cc(NS(C)(=O)=O)c3OC)n(C)c12. The molecule has 1 aromatic heterocycles. The summed E-state index contributed by atoms with van der Waals surface area (Å²) < 4.78 is 40.6. The lowest BCUT2D eigenvalue weighted by Crippen LogP contribution is -2.54. The predicted octanol–water partition coefficient (Wildman–Crippen LogP) is 6.52. The van der Waals surface area contributed by atoms with Crippen molar-refractivity contribution in [1.29, 1.82) is 0 Å². The number of nitrogens with zero attached hydrogens (tertiary/aromatic N) is 4. The second kappa shape index (κ2) is 14.5. The number of sulfonamides is 1. The second-order valence-electron chi connectivity index (χ2n) is 14.1. The van der Waals surface area contributed by atoms with Crippen LogP contribution < -0.4 is 19.5 Å². The Labute approximate surface area is 291 Å². The molecule has 2 heterocycles. The normalized spacial score (nSPS) is 15.2. The van der Waals surface area contributed by atoms with Crippen molar-refractivity contribution >= 4 is 44.0 Å². The number of aromatic nitrogens is 1. The number of nitrogens with one attached hydrogen (secondary N) is 2. The Balaban J connectivity index is 1.67. The van der Waals surface area contributed by atoms with E-state index in [2.05, 4.69) is 53.8 Å². The number of rotatable bonds is 10. The summed E-state index contributed by atoms with van der Waals surface area (Å²) in [6.45, 7) is 24.0. The molecule has 1 aliphatic heterocycles. The van der Waals surface area contributed by atoms with Crippen LogP contribution in [0.2, 0.25) is 0 Å². The fraction of sp³-hybridized carbons (Fsp3) is 0.405. The van der Waals surface area contributed by atoms with Gasteiger partial charge in [-0.3, -0.25) is 14.4 Å². The van der Waals surface area contributed by atoms with Crippen molar-refractivity contribution in [2.75, 3.05) is 49.6 Å². The number of anilines is 2. The number of ether oxygens (including phenoxy) is 2. The number of piperazine rings is 1. The molecule has 2 N–H and O–H groups in total. The molecule has 49 heavy (non-hydrogen) atoms. The maximum absolute atomic E-state index is 13.9. The zero-order valence-electron chi connectivity index (χ0n) is 30.2. The smallest absolute Gasteiger partial charge is 0.272 e. The van der Waals surface area contributed by atoms with Crippen molar-refractivity contribution in [3.05, 3.63) is 84.9 Å². The molecule has 0 spiro atoms. The zero-order chi connectivity index (χ0) is 36.3. The van der Waals surface area contributed by atoms with E-state index in [4.69, 9.17) is 14.5 Å². The maximum Gasteiger partial charge on any atom is 0.272 e. The number of carbonyl (C=O) groups excluding carboxylic acids is 1. The van der Waals surface area contributed by atoms with E-state index in [1.165, 1.54) is 7.11 Å². The Morgan fingerprint density at radius 1 is 1.00 bits per heavy atom. The van der Waals surface area contributed by atoms with Gasteiger partial charge in [0.1, 0.15) is 11.5 Å². The van der Waals surface area contributed by atoms with Crippen LogP contribution in [0.15, 0.2) is 78.7 Å². The molecule has 12 heteroatoms. The van der Waals surface area contributed by atoms with Gasteiger partial charge in [-0.2, -0.15) is 4.99 Å². The number of amidine groups is 1. The van der Waals surface area contributed by atoms with Crippen LogP contribution in [0.5, 0.6) is 11.5 Å². The number of methoxy groups -OCH3 is 1. The minimum atomic E-state index is -3.63. The molecule has 1 fully saturated rings. The number of benzene rings is 2. The van der Waals surface area contributed by atoms with E-state index in [0.29, 0.717) is 34.4 Å². The quantitative estimate of drug-likeness (QED) is 0.108. The molecule has 1 saturated heterocycles. The lowest BCUT2D eigenvalue weighted by atomic mass is 9.86. The number of aryl methyl sites for hydroxylation is 1. The van der Waals surface area contributed by atoms with Gasteiger partial charge in [0.2, 0.25) is 15.9 Å². The van der Waals surface area contributed by atoms with E-state index >= 15 is 0 Å². The van der Waals surface area contributed by atoms with Crippen molar-refractivity contribution < 1.29 is 22.7 Å². The Kier molecular flexibility index (Phi) is 11.0. The largest absolute Gasteiger partial charge is 0.492 e. The molecule has 3 aromatic rings. The van der Waals surface area contributed by atoms with Crippen LogP contribution in [0.25, 0.3) is 10.9 Å². The van der Waals surface area contributed by atoms with Crippen LogP contribution in [0.3, 0.4) is 0 Å². The van der Waals surface area contributed by atoms with E-state index in [1.54, 1.807) is 48.0 Å². The predicted molar refractivity (Wildman–Crippen MR) is 200 cm³/mol. The Hall–Kier alpha value is -4.55. The molecule has 0 saturated carbocycles. The average Bonchev–Trinajstić information content (AvgIpc) is 3.35. The summed E-state index contributed by atoms with van der Waals surface area (Å²) in [5.74, 6) is 1.32. The highest BCUT2D eigenvalue weighted by Crippen LogP contribution is 2.40. The number of fused-ring (bicyclic) bond motifs is 1. The standard InChI is InChI=1S/C37H50N6O5S/c1-12-15-32(39-31(13-2)42-18-20-43(21-19-42)37(6,7)8)48-30-17-14-16-25-22-29(41(9)33(25)30)35(44)38-27-23-26(36(3,4)5)24-28(34(27)47-10)40-49(11,45)46/h12-17,22-24,40H,1-2,18-21H2,3-11H3,(H,38,44)/b32-15+,39-31+. The van der Waals surface area contributed by atoms with Gasteiger partial charge in [0.05, 0.1) is 30.3 Å². The van der Waals surface area contributed by atoms with Gasteiger partial charge in [-0.15, -0.1) is 0 Å². The number of amides is 1. The van der Waals surface area contributed by atoms with Crippen LogP contribution in [-0.4, -0.2) is 79.6 Å². The van der Waals surface area contributed by atoms with Crippen LogP contribution >= 0.6 is 0 Å². The highest BCUT2D eigenvalue weighted by molar-refractivity contribution is 7.92. The van der Waals surface area contributed by atoms with Gasteiger partial charge < -0.3 is 24.3 Å². The van der Waals surface area contributed by atoms with Gasteiger partial charge in [0, 0.05) is 50.2 Å². The number of aliphatic imine (C=N–C) groups is 1. The minimum absolute atomic E-state index is 0.0962. The summed E-state index contributed by atoms with van der Waals surface area (Å²) in [6, 6.07) is 10.9. The highest BCUT2D eigenvalue weighted by Gasteiger charge is 2.27. The Morgan fingerprint density at radius 2 is 1.65 bits per heavy atom. The fourth-order valence-electron chi connectivity index (χ4n) is 5.79. The molecule has 0 atom stereocenters. The number of para-hydroxylation sites is 1. The first-order chi connectivity index (χ1) is 22.9. The molecule has 2 aromatic carbocycles. The van der Waals surface area contributed by atoms with Crippen LogP contribution in [0.1, 0.15) is 57.6 Å². The van der Waals surface area contributed by atoms with E-state index in [-0.39, 0.29) is 22.4 Å². The summed E-state index contributed by atoms with van der Waals surface area (Å²) in [4.78, 5) is 23.4. The number of hydrogen-bond acceptors (Lipinski definition) is 7. The van der Waals surface area contributed by atoms with Crippen molar-refractivity contribution in [3.63, 3.8) is 0 Å². The topological polar surface area (TPSA) is 118 Å². The lowest BCUT2D eigenvalue weighted by Gasteiger charge is -2.42. The van der Waals surface area contributed by atoms with E-state index in [9.17, 15) is 13.2 Å². The molecule has 11 nitrogen and oxygen atoms in total. The van der Waals surface area contributed by atoms with Crippen LogP contribution in [0, 0.1) is 0 Å². The first-order valence-corrected chi connectivity index (χ1v) is 18.1. The van der Waals surface area contributed by atoms with Crippen molar-refractivity contribution in [1.82, 2.24) is 14.4 Å². The average molecular weight is 691 g/mol. The highest BCUT2D eigenvalue weighted by atomic mass is 32.2. The Morgan fingerprint density at radius 3 is 2.20 bits per heavy atom. The molecule has 1 aliphatic rings. The molecular formula is C37H50N6O5S. The second-order valence-corrected chi connectivity index (χ2v) is 15.9. The molecule has 4 rings (SSSR count). The van der Waals surface area contributed by atoms with Crippen molar-refractivity contribution in [2.45, 2.75) is 52.5 Å². The van der Waals surface area contributed by atoms with Crippen molar-refractivity contribution in [3.8, 4) is 11.5 Å². The third-order valence-electron chi connectivity index (χ3n) is 8.39. The van der Waals surface area contributed by atoms with Crippen LogP contribution in [-0.2, 0) is 22.5 Å². The van der Waals surface area contributed by atoms with Gasteiger partial charge in [0.25, 0.3) is 5.91 Å². The Bertz CT molecular complexity index is 1900. The van der Waals surface area contributed by atoms with Gasteiger partial charge in [0.15, 0.2) is 11.5 Å². The summed E-state index contributed by atoms with van der Waals surface area (Å²) in [5, 5.41) is 3.74. The molecule has 0 unspecified atom stereocenters. The minimum Gasteiger partial charge on any atom is -0.492 e. The number of carbonyl (C=O) groups is 1. The van der Waals surface area contributed by atoms with Gasteiger partial charge >= 0.3 is 0 Å². The molecule has 1 amide bonds. The van der Waals surface area contributed by atoms with Gasteiger partial charge in [-0.25, -0.2) is 8.42 Å². The number of allylic oxidation sites excluding steroid dienone is 2. The molecule has 264 valence electrons. The van der Waals surface area contributed by atoms with E-state index < -0.39 is 15.9 Å². The molecule has 0 bridgehead atoms. The van der Waals surface area contributed by atoms with Crippen LogP contribution in [0.4, 0.5) is 11.4 Å². The zero-order valence-corrected chi connectivity index (χ0v) is 31.0. The third-order valence-corrected chi connectivity index (χ3v) is 8.98. The van der Waals surface area contributed by atoms with Gasteiger partial charge in [-0.1, -0.05) is 52.1 Å². The number of hydrogen-bond donors (Lipinski definition) is 2. The summed E-state index contributed by atoms with van der Waals surface area (Å²) in [6.07, 6.45) is 6.11. The first kappa shape index (κ1) is 37.3.